The summed E-state index contributed by atoms with van der Waals surface area (Å²) in [5.41, 5.74) is 4.63. The lowest BCUT2D eigenvalue weighted by Crippen LogP contribution is -2.44. The van der Waals surface area contributed by atoms with Crippen molar-refractivity contribution in [3.05, 3.63) is 26.4 Å². The minimum Gasteiger partial charge on any atom is -0.384 e. The van der Waals surface area contributed by atoms with Gasteiger partial charge < -0.3 is 10.5 Å². The fraction of sp³-hybridized carbons (Fsp3) is 0.688. The molecule has 1 aliphatic heterocycles. The van der Waals surface area contributed by atoms with Gasteiger partial charge in [-0.15, -0.1) is 0 Å². The van der Waals surface area contributed by atoms with E-state index in [1.807, 2.05) is 0 Å². The van der Waals surface area contributed by atoms with Gasteiger partial charge in [-0.2, -0.15) is 0 Å². The maximum Gasteiger partial charge on any atom is 0.332 e. The standard InChI is InChI=1S/C16H24N4O4/c1-18-14(17)13(15(22)19(2)16(18)23)12(21)8-20(11-3-4-11)7-10-5-6-24-9-10/h10-11H,3-9,17H2,1-2H3/t10-/m1/s1. The van der Waals surface area contributed by atoms with Gasteiger partial charge >= 0.3 is 5.69 Å². The maximum absolute atomic E-state index is 12.7. The lowest BCUT2D eigenvalue weighted by Gasteiger charge is -2.24. The highest BCUT2D eigenvalue weighted by Gasteiger charge is 2.34. The van der Waals surface area contributed by atoms with Crippen LogP contribution >= 0.6 is 0 Å². The summed E-state index contributed by atoms with van der Waals surface area (Å²) in [5, 5.41) is 0. The number of ether oxygens (including phenoxy) is 1. The van der Waals surface area contributed by atoms with Gasteiger partial charge in [0, 0.05) is 33.3 Å². The molecule has 1 aliphatic carbocycles. The molecule has 1 aromatic heterocycles. The number of ketones is 1. The monoisotopic (exact) mass is 336 g/mol. The lowest BCUT2D eigenvalue weighted by atomic mass is 10.1. The average Bonchev–Trinajstić information content (AvgIpc) is 3.28. The molecule has 3 rings (SSSR count). The Hall–Kier alpha value is -1.93. The van der Waals surface area contributed by atoms with Crippen molar-refractivity contribution in [1.29, 1.82) is 0 Å². The molecule has 1 saturated heterocycles. The Kier molecular flexibility index (Phi) is 4.60. The van der Waals surface area contributed by atoms with Crippen LogP contribution in [0.25, 0.3) is 0 Å². The molecule has 8 heteroatoms. The van der Waals surface area contributed by atoms with Crippen molar-refractivity contribution < 1.29 is 9.53 Å². The molecule has 8 nitrogen and oxygen atoms in total. The molecule has 0 spiro atoms. The van der Waals surface area contributed by atoms with E-state index in [9.17, 15) is 14.4 Å². The van der Waals surface area contributed by atoms with E-state index in [2.05, 4.69) is 4.90 Å². The van der Waals surface area contributed by atoms with E-state index in [0.717, 1.165) is 48.2 Å². The van der Waals surface area contributed by atoms with Crippen LogP contribution < -0.4 is 17.0 Å². The molecule has 0 unspecified atom stereocenters. The van der Waals surface area contributed by atoms with Crippen molar-refractivity contribution in [2.75, 3.05) is 32.0 Å². The number of Topliss-reactive ketones (excluding diaryl/α,β-unsaturated/α-hetero) is 1. The van der Waals surface area contributed by atoms with Gasteiger partial charge in [-0.25, -0.2) is 4.79 Å². The lowest BCUT2D eigenvalue weighted by molar-refractivity contribution is 0.0902. The van der Waals surface area contributed by atoms with E-state index in [4.69, 9.17) is 10.5 Å². The first-order valence-corrected chi connectivity index (χ1v) is 8.30. The van der Waals surface area contributed by atoms with Gasteiger partial charge in [0.25, 0.3) is 5.56 Å². The SMILES string of the molecule is Cn1c(N)c(C(=O)CN(C[C@H]2CCOC2)C2CC2)c(=O)n(C)c1=O. The Morgan fingerprint density at radius 1 is 1.25 bits per heavy atom. The Balaban J connectivity index is 1.83. The van der Waals surface area contributed by atoms with Gasteiger partial charge in [-0.1, -0.05) is 0 Å². The van der Waals surface area contributed by atoms with E-state index in [1.165, 1.54) is 14.1 Å². The molecule has 2 fully saturated rings. The van der Waals surface area contributed by atoms with Gasteiger partial charge in [0.2, 0.25) is 0 Å². The fourth-order valence-corrected chi connectivity index (χ4v) is 3.23. The first kappa shape index (κ1) is 16.9. The van der Waals surface area contributed by atoms with E-state index in [1.54, 1.807) is 0 Å². The predicted octanol–water partition coefficient (Wildman–Crippen LogP) is -0.650. The zero-order valence-electron chi connectivity index (χ0n) is 14.2. The van der Waals surface area contributed by atoms with E-state index < -0.39 is 11.2 Å². The molecule has 1 atom stereocenters. The van der Waals surface area contributed by atoms with E-state index in [0.29, 0.717) is 12.0 Å². The molecule has 24 heavy (non-hydrogen) atoms. The molecule has 0 bridgehead atoms. The molecule has 0 radical (unpaired) electrons. The maximum atomic E-state index is 12.7. The summed E-state index contributed by atoms with van der Waals surface area (Å²) in [6.07, 6.45) is 3.14. The van der Waals surface area contributed by atoms with E-state index >= 15 is 0 Å². The van der Waals surface area contributed by atoms with Gasteiger partial charge in [-0.05, 0) is 25.2 Å². The highest BCUT2D eigenvalue weighted by Crippen LogP contribution is 2.29. The molecule has 2 heterocycles. The van der Waals surface area contributed by atoms with Crippen molar-refractivity contribution in [2.24, 2.45) is 20.0 Å². The average molecular weight is 336 g/mol. The van der Waals surface area contributed by atoms with Gasteiger partial charge in [0.05, 0.1) is 13.2 Å². The van der Waals surface area contributed by atoms with Gasteiger partial charge in [0.1, 0.15) is 11.4 Å². The second-order valence-corrected chi connectivity index (χ2v) is 6.78. The summed E-state index contributed by atoms with van der Waals surface area (Å²) < 4.78 is 7.47. The van der Waals surface area contributed by atoms with Crippen LogP contribution in [0.15, 0.2) is 9.59 Å². The highest BCUT2D eigenvalue weighted by molar-refractivity contribution is 6.01. The van der Waals surface area contributed by atoms with Crippen LogP contribution in [0.2, 0.25) is 0 Å². The second-order valence-electron chi connectivity index (χ2n) is 6.78. The number of nitrogens with two attached hydrogens (primary N) is 1. The van der Waals surface area contributed by atoms with E-state index in [-0.39, 0.29) is 23.7 Å². The molecule has 1 saturated carbocycles. The minimum absolute atomic E-state index is 0.0620. The minimum atomic E-state index is -0.624. The van der Waals surface area contributed by atoms with Crippen LogP contribution in [-0.2, 0) is 18.8 Å². The predicted molar refractivity (Wildman–Crippen MR) is 89.2 cm³/mol. The second kappa shape index (κ2) is 6.52. The van der Waals surface area contributed by atoms with Gasteiger partial charge in [0.15, 0.2) is 5.78 Å². The first-order valence-electron chi connectivity index (χ1n) is 8.30. The van der Waals surface area contributed by atoms with Crippen LogP contribution in [0.1, 0.15) is 29.6 Å². The summed E-state index contributed by atoms with van der Waals surface area (Å²) in [6.45, 7) is 2.44. The first-order chi connectivity index (χ1) is 11.4. The third-order valence-electron chi connectivity index (χ3n) is 4.92. The molecule has 1 aromatic rings. The quantitative estimate of drug-likeness (QED) is 0.693. The number of rotatable bonds is 6. The Bertz CT molecular complexity index is 757. The number of carbonyl (C=O) groups is 1. The summed E-state index contributed by atoms with van der Waals surface area (Å²) in [5.74, 6) is 0.0428. The summed E-state index contributed by atoms with van der Waals surface area (Å²) in [4.78, 5) is 39.1. The molecule has 0 aromatic carbocycles. The molecule has 2 aliphatic rings. The molecular weight excluding hydrogens is 312 g/mol. The number of hydrogen-bond acceptors (Lipinski definition) is 6. The van der Waals surface area contributed by atoms with Crippen LogP contribution in [0.3, 0.4) is 0 Å². The molecule has 132 valence electrons. The summed E-state index contributed by atoms with van der Waals surface area (Å²) >= 11 is 0. The van der Waals surface area contributed by atoms with Crippen molar-refractivity contribution in [3.63, 3.8) is 0 Å². The number of nitrogen functional groups attached to an aromatic ring is 1. The molecule has 0 amide bonds. The number of anilines is 1. The summed E-state index contributed by atoms with van der Waals surface area (Å²) in [6, 6.07) is 0.396. The summed E-state index contributed by atoms with van der Waals surface area (Å²) in [7, 11) is 2.82. The van der Waals surface area contributed by atoms with Gasteiger partial charge in [-0.3, -0.25) is 23.6 Å². The van der Waals surface area contributed by atoms with Crippen LogP contribution in [0, 0.1) is 5.92 Å². The zero-order chi connectivity index (χ0) is 17.4. The number of aromatic nitrogens is 2. The van der Waals surface area contributed by atoms with Crippen molar-refractivity contribution in [2.45, 2.75) is 25.3 Å². The largest absolute Gasteiger partial charge is 0.384 e. The number of nitrogens with zero attached hydrogens (tertiary/aromatic N) is 3. The number of carbonyl (C=O) groups excluding carboxylic acids is 1. The third kappa shape index (κ3) is 3.16. The van der Waals surface area contributed by atoms with Crippen LogP contribution in [-0.4, -0.2) is 52.2 Å². The smallest absolute Gasteiger partial charge is 0.332 e. The van der Waals surface area contributed by atoms with Crippen LogP contribution in [0.5, 0.6) is 0 Å². The Labute approximate surface area is 139 Å². The Morgan fingerprint density at radius 2 is 1.96 bits per heavy atom. The van der Waals surface area contributed by atoms with Crippen molar-refractivity contribution >= 4 is 11.6 Å². The Morgan fingerprint density at radius 3 is 2.54 bits per heavy atom. The van der Waals surface area contributed by atoms with Crippen molar-refractivity contribution in [3.8, 4) is 0 Å². The third-order valence-corrected chi connectivity index (χ3v) is 4.92. The van der Waals surface area contributed by atoms with Crippen LogP contribution in [0.4, 0.5) is 5.82 Å². The normalized spacial score (nSPS) is 20.7. The zero-order valence-corrected chi connectivity index (χ0v) is 14.2. The molecular formula is C16H24N4O4. The topological polar surface area (TPSA) is 99.6 Å². The fourth-order valence-electron chi connectivity index (χ4n) is 3.23. The van der Waals surface area contributed by atoms with Crippen molar-refractivity contribution in [1.82, 2.24) is 14.0 Å². The molecule has 2 N–H and O–H groups in total. The highest BCUT2D eigenvalue weighted by atomic mass is 16.5. The number of hydrogen-bond donors (Lipinski definition) is 1.